The highest BCUT2D eigenvalue weighted by atomic mass is 31.2. The molecule has 5 heteroatoms. The minimum absolute atomic E-state index is 0.165. The molecular formula is C9H13O4P. The summed E-state index contributed by atoms with van der Waals surface area (Å²) in [6.45, 7) is 0. The zero-order valence-corrected chi connectivity index (χ0v) is 8.61. The number of carbonyl (C=O) groups is 1. The summed E-state index contributed by atoms with van der Waals surface area (Å²) in [6, 6.07) is 0. The standard InChI is InChI=1S/C9H13O4P/c10-9(11)6-7-14(12,13)8-4-2-1-3-5-8/h1-2,4H,3,5-7H2,(H,10,11)(H,12,13). The van der Waals surface area contributed by atoms with E-state index in [2.05, 4.69) is 0 Å². The van der Waals surface area contributed by atoms with E-state index < -0.39 is 13.3 Å². The van der Waals surface area contributed by atoms with Crippen molar-refractivity contribution in [3.63, 3.8) is 0 Å². The molecule has 0 aliphatic heterocycles. The van der Waals surface area contributed by atoms with Gasteiger partial charge in [0, 0.05) is 11.5 Å². The van der Waals surface area contributed by atoms with E-state index in [1.165, 1.54) is 0 Å². The van der Waals surface area contributed by atoms with Crippen LogP contribution in [0.5, 0.6) is 0 Å². The Morgan fingerprint density at radius 3 is 2.79 bits per heavy atom. The predicted octanol–water partition coefficient (Wildman–Crippen LogP) is 1.97. The van der Waals surface area contributed by atoms with Gasteiger partial charge in [0.25, 0.3) is 0 Å². The maximum Gasteiger partial charge on any atom is 0.303 e. The van der Waals surface area contributed by atoms with E-state index >= 15 is 0 Å². The van der Waals surface area contributed by atoms with Gasteiger partial charge < -0.3 is 10.00 Å². The second-order valence-electron chi connectivity index (χ2n) is 3.19. The lowest BCUT2D eigenvalue weighted by atomic mass is 10.2. The van der Waals surface area contributed by atoms with Crippen molar-refractivity contribution in [3.05, 3.63) is 23.5 Å². The number of allylic oxidation sites excluding steroid dienone is 4. The van der Waals surface area contributed by atoms with E-state index in [1.807, 2.05) is 6.08 Å². The van der Waals surface area contributed by atoms with Gasteiger partial charge in [-0.3, -0.25) is 9.36 Å². The number of aliphatic carboxylic acids is 1. The van der Waals surface area contributed by atoms with Gasteiger partial charge in [-0.25, -0.2) is 0 Å². The van der Waals surface area contributed by atoms with E-state index in [4.69, 9.17) is 5.11 Å². The Bertz CT molecular complexity index is 330. The molecule has 78 valence electrons. The third-order valence-electron chi connectivity index (χ3n) is 2.07. The number of rotatable bonds is 4. The van der Waals surface area contributed by atoms with Gasteiger partial charge in [0.2, 0.25) is 7.37 Å². The lowest BCUT2D eigenvalue weighted by Crippen LogP contribution is -2.02. The summed E-state index contributed by atoms with van der Waals surface area (Å²) in [7, 11) is -3.39. The topological polar surface area (TPSA) is 74.6 Å². The zero-order valence-electron chi connectivity index (χ0n) is 7.72. The van der Waals surface area contributed by atoms with Gasteiger partial charge in [0.05, 0.1) is 6.42 Å². The maximum absolute atomic E-state index is 11.7. The summed E-state index contributed by atoms with van der Waals surface area (Å²) in [5.41, 5.74) is 0. The Balaban J connectivity index is 2.64. The average Bonchev–Trinajstić information content (AvgIpc) is 2.16. The van der Waals surface area contributed by atoms with Crippen molar-refractivity contribution in [1.29, 1.82) is 0 Å². The van der Waals surface area contributed by atoms with E-state index in [-0.39, 0.29) is 12.6 Å². The molecule has 1 unspecified atom stereocenters. The Labute approximate surface area is 82.4 Å². The quantitative estimate of drug-likeness (QED) is 0.704. The smallest absolute Gasteiger partial charge is 0.303 e. The summed E-state index contributed by atoms with van der Waals surface area (Å²) in [6.07, 6.45) is 6.17. The summed E-state index contributed by atoms with van der Waals surface area (Å²) < 4.78 is 11.7. The van der Waals surface area contributed by atoms with Crippen LogP contribution < -0.4 is 0 Å². The summed E-state index contributed by atoms with van der Waals surface area (Å²) in [5.74, 6) is -1.04. The van der Waals surface area contributed by atoms with Crippen LogP contribution in [-0.4, -0.2) is 22.1 Å². The Morgan fingerprint density at radius 2 is 2.29 bits per heavy atom. The van der Waals surface area contributed by atoms with Gasteiger partial charge in [0.15, 0.2) is 0 Å². The molecule has 0 aromatic heterocycles. The zero-order chi connectivity index (χ0) is 10.6. The van der Waals surface area contributed by atoms with Crippen molar-refractivity contribution in [1.82, 2.24) is 0 Å². The summed E-state index contributed by atoms with van der Waals surface area (Å²) in [4.78, 5) is 19.8. The van der Waals surface area contributed by atoms with Gasteiger partial charge in [-0.2, -0.15) is 0 Å². The minimum Gasteiger partial charge on any atom is -0.481 e. The van der Waals surface area contributed by atoms with E-state index in [1.54, 1.807) is 12.2 Å². The predicted molar refractivity (Wildman–Crippen MR) is 53.4 cm³/mol. The van der Waals surface area contributed by atoms with Crippen LogP contribution in [0.3, 0.4) is 0 Å². The van der Waals surface area contributed by atoms with E-state index in [0.29, 0.717) is 11.7 Å². The van der Waals surface area contributed by atoms with Gasteiger partial charge in [-0.1, -0.05) is 18.2 Å². The maximum atomic E-state index is 11.7. The molecule has 1 rings (SSSR count). The molecular weight excluding hydrogens is 203 g/mol. The molecule has 1 aliphatic rings. The summed E-state index contributed by atoms with van der Waals surface area (Å²) in [5, 5.41) is 8.90. The fraction of sp³-hybridized carbons (Fsp3) is 0.444. The molecule has 2 N–H and O–H groups in total. The van der Waals surface area contributed by atoms with Crippen LogP contribution in [0.15, 0.2) is 23.5 Å². The lowest BCUT2D eigenvalue weighted by Gasteiger charge is -2.15. The fourth-order valence-corrected chi connectivity index (χ4v) is 2.85. The van der Waals surface area contributed by atoms with Crippen LogP contribution in [0.4, 0.5) is 0 Å². The number of hydrogen-bond acceptors (Lipinski definition) is 2. The van der Waals surface area contributed by atoms with E-state index in [9.17, 15) is 14.3 Å². The molecule has 0 saturated carbocycles. The molecule has 1 atom stereocenters. The first-order chi connectivity index (χ1) is 6.52. The molecule has 0 aromatic rings. The first-order valence-corrected chi connectivity index (χ1v) is 6.27. The Kier molecular flexibility index (Phi) is 3.67. The normalized spacial score (nSPS) is 19.9. The molecule has 0 fully saturated rings. The van der Waals surface area contributed by atoms with Gasteiger partial charge in [-0.05, 0) is 12.8 Å². The van der Waals surface area contributed by atoms with E-state index in [0.717, 1.165) is 6.42 Å². The molecule has 14 heavy (non-hydrogen) atoms. The van der Waals surface area contributed by atoms with Crippen molar-refractivity contribution < 1.29 is 19.4 Å². The molecule has 0 bridgehead atoms. The first kappa shape index (κ1) is 11.2. The largest absolute Gasteiger partial charge is 0.481 e. The molecule has 0 saturated heterocycles. The summed E-state index contributed by atoms with van der Waals surface area (Å²) >= 11 is 0. The molecule has 0 amide bonds. The monoisotopic (exact) mass is 216 g/mol. The molecule has 0 radical (unpaired) electrons. The second kappa shape index (κ2) is 4.58. The van der Waals surface area contributed by atoms with Crippen molar-refractivity contribution >= 4 is 13.3 Å². The highest BCUT2D eigenvalue weighted by molar-refractivity contribution is 7.62. The van der Waals surface area contributed by atoms with Crippen LogP contribution in [0.25, 0.3) is 0 Å². The average molecular weight is 216 g/mol. The number of carboxylic acids is 1. The third-order valence-corrected chi connectivity index (χ3v) is 4.17. The molecule has 1 aliphatic carbocycles. The van der Waals surface area contributed by atoms with Gasteiger partial charge in [0.1, 0.15) is 0 Å². The third kappa shape index (κ3) is 3.13. The Morgan fingerprint density at radius 1 is 1.57 bits per heavy atom. The SMILES string of the molecule is O=C(O)CCP(=O)(O)C1=CC=CCC1. The molecule has 4 nitrogen and oxygen atoms in total. The van der Waals surface area contributed by atoms with Crippen LogP contribution in [0.1, 0.15) is 19.3 Å². The highest BCUT2D eigenvalue weighted by Gasteiger charge is 2.24. The lowest BCUT2D eigenvalue weighted by molar-refractivity contribution is -0.136. The second-order valence-corrected chi connectivity index (χ2v) is 5.62. The van der Waals surface area contributed by atoms with Gasteiger partial charge in [-0.15, -0.1) is 0 Å². The van der Waals surface area contributed by atoms with Crippen molar-refractivity contribution in [2.75, 3.05) is 6.16 Å². The minimum atomic E-state index is -3.39. The molecule has 0 spiro atoms. The van der Waals surface area contributed by atoms with Crippen LogP contribution in [0.2, 0.25) is 0 Å². The number of carboxylic acid groups (broad SMARTS) is 1. The fourth-order valence-electron chi connectivity index (χ4n) is 1.27. The first-order valence-electron chi connectivity index (χ1n) is 4.42. The van der Waals surface area contributed by atoms with Crippen molar-refractivity contribution in [2.24, 2.45) is 0 Å². The van der Waals surface area contributed by atoms with Crippen molar-refractivity contribution in [3.8, 4) is 0 Å². The van der Waals surface area contributed by atoms with Crippen LogP contribution in [0, 0.1) is 0 Å². The number of hydrogen-bond donors (Lipinski definition) is 2. The molecule has 0 heterocycles. The highest BCUT2D eigenvalue weighted by Crippen LogP contribution is 2.52. The van der Waals surface area contributed by atoms with Crippen molar-refractivity contribution in [2.45, 2.75) is 19.3 Å². The van der Waals surface area contributed by atoms with Crippen LogP contribution >= 0.6 is 7.37 Å². The Hall–Kier alpha value is -0.860. The van der Waals surface area contributed by atoms with Crippen LogP contribution in [-0.2, 0) is 9.36 Å². The molecule has 0 aromatic carbocycles. The van der Waals surface area contributed by atoms with Gasteiger partial charge >= 0.3 is 5.97 Å².